The van der Waals surface area contributed by atoms with Crippen LogP contribution in [-0.4, -0.2) is 36.8 Å². The Labute approximate surface area is 62.2 Å². The average molecular weight is 141 g/mol. The van der Waals surface area contributed by atoms with Crippen molar-refractivity contribution >= 4 is 0 Å². The van der Waals surface area contributed by atoms with Crippen molar-refractivity contribution in [2.45, 2.75) is 6.42 Å². The highest BCUT2D eigenvalue weighted by atomic mass is 16.3. The molecule has 1 N–H and O–H groups in total. The van der Waals surface area contributed by atoms with Gasteiger partial charge in [0.15, 0.2) is 0 Å². The molecule has 0 aliphatic carbocycles. The number of likely N-dealkylation sites (tertiary alicyclic amines) is 1. The van der Waals surface area contributed by atoms with Crippen molar-refractivity contribution in [3.05, 3.63) is 12.2 Å². The normalized spacial score (nSPS) is 29.0. The lowest BCUT2D eigenvalue weighted by atomic mass is 9.94. The van der Waals surface area contributed by atoms with Crippen LogP contribution in [0.5, 0.6) is 0 Å². The molecule has 1 unspecified atom stereocenters. The maximum atomic E-state index is 8.87. The van der Waals surface area contributed by atoms with E-state index < -0.39 is 0 Å². The summed E-state index contributed by atoms with van der Waals surface area (Å²) in [7, 11) is 2.08. The zero-order chi connectivity index (χ0) is 7.56. The maximum absolute atomic E-state index is 8.87. The molecule has 0 amide bonds. The van der Waals surface area contributed by atoms with Crippen LogP contribution < -0.4 is 0 Å². The summed E-state index contributed by atoms with van der Waals surface area (Å²) in [5, 5.41) is 8.87. The van der Waals surface area contributed by atoms with E-state index in [1.807, 2.05) is 0 Å². The van der Waals surface area contributed by atoms with E-state index in [0.717, 1.165) is 19.5 Å². The van der Waals surface area contributed by atoms with Gasteiger partial charge in [0.05, 0.1) is 0 Å². The molecule has 0 aromatic rings. The van der Waals surface area contributed by atoms with Crippen LogP contribution in [0.2, 0.25) is 0 Å². The molecular weight excluding hydrogens is 126 g/mol. The van der Waals surface area contributed by atoms with Gasteiger partial charge in [-0.05, 0) is 20.0 Å². The van der Waals surface area contributed by atoms with Crippen LogP contribution in [0.25, 0.3) is 0 Å². The molecule has 0 bridgehead atoms. The Morgan fingerprint density at radius 1 is 1.80 bits per heavy atom. The maximum Gasteiger partial charge on any atom is 0.0497 e. The molecule has 0 aromatic carbocycles. The second-order valence-electron chi connectivity index (χ2n) is 3.06. The first-order valence-corrected chi connectivity index (χ1v) is 3.71. The molecule has 1 atom stereocenters. The van der Waals surface area contributed by atoms with E-state index in [1.54, 1.807) is 0 Å². The molecule has 0 radical (unpaired) electrons. The first-order valence-electron chi connectivity index (χ1n) is 3.71. The van der Waals surface area contributed by atoms with Gasteiger partial charge in [-0.3, -0.25) is 0 Å². The highest BCUT2D eigenvalue weighted by Crippen LogP contribution is 2.19. The van der Waals surface area contributed by atoms with Crippen LogP contribution in [0.3, 0.4) is 0 Å². The van der Waals surface area contributed by atoms with Gasteiger partial charge in [-0.2, -0.15) is 0 Å². The number of hydrogen-bond acceptors (Lipinski definition) is 2. The van der Waals surface area contributed by atoms with Crippen LogP contribution in [0.4, 0.5) is 0 Å². The second-order valence-corrected chi connectivity index (χ2v) is 3.06. The molecular formula is C8H15NO. The number of hydrogen-bond donors (Lipinski definition) is 1. The Morgan fingerprint density at radius 2 is 2.50 bits per heavy atom. The molecule has 2 nitrogen and oxygen atoms in total. The van der Waals surface area contributed by atoms with Gasteiger partial charge in [-0.1, -0.05) is 12.2 Å². The average Bonchev–Trinajstić information content (AvgIpc) is 1.88. The highest BCUT2D eigenvalue weighted by Gasteiger charge is 2.18. The van der Waals surface area contributed by atoms with Crippen molar-refractivity contribution in [3.63, 3.8) is 0 Å². The van der Waals surface area contributed by atoms with E-state index in [4.69, 9.17) is 5.11 Å². The topological polar surface area (TPSA) is 23.5 Å². The van der Waals surface area contributed by atoms with E-state index in [0.29, 0.717) is 5.92 Å². The van der Waals surface area contributed by atoms with Gasteiger partial charge in [0.1, 0.15) is 0 Å². The van der Waals surface area contributed by atoms with Crippen molar-refractivity contribution in [1.29, 1.82) is 0 Å². The van der Waals surface area contributed by atoms with E-state index in [-0.39, 0.29) is 6.61 Å². The SMILES string of the molecule is C=C1CN(C)CCC1CO. The van der Waals surface area contributed by atoms with E-state index in [9.17, 15) is 0 Å². The minimum atomic E-state index is 0.271. The van der Waals surface area contributed by atoms with Crippen LogP contribution in [0, 0.1) is 5.92 Å². The number of aliphatic hydroxyl groups is 1. The van der Waals surface area contributed by atoms with Crippen molar-refractivity contribution in [2.75, 3.05) is 26.7 Å². The third kappa shape index (κ3) is 1.58. The first kappa shape index (κ1) is 7.76. The monoisotopic (exact) mass is 141 g/mol. The summed E-state index contributed by atoms with van der Waals surface area (Å²) in [5.41, 5.74) is 1.18. The van der Waals surface area contributed by atoms with E-state index in [1.165, 1.54) is 5.57 Å². The third-order valence-electron chi connectivity index (χ3n) is 2.13. The zero-order valence-electron chi connectivity index (χ0n) is 6.51. The standard InChI is InChI=1S/C8H15NO/c1-7-5-9(2)4-3-8(7)6-10/h8,10H,1,3-6H2,2H3. The lowest BCUT2D eigenvalue weighted by Crippen LogP contribution is -2.33. The van der Waals surface area contributed by atoms with Gasteiger partial charge in [-0.15, -0.1) is 0 Å². The van der Waals surface area contributed by atoms with Gasteiger partial charge in [-0.25, -0.2) is 0 Å². The Hall–Kier alpha value is -0.340. The van der Waals surface area contributed by atoms with Crippen molar-refractivity contribution in [1.82, 2.24) is 4.90 Å². The molecule has 0 spiro atoms. The quantitative estimate of drug-likeness (QED) is 0.537. The number of nitrogens with zero attached hydrogens (tertiary/aromatic N) is 1. The van der Waals surface area contributed by atoms with Crippen LogP contribution >= 0.6 is 0 Å². The largest absolute Gasteiger partial charge is 0.396 e. The molecule has 1 aliphatic rings. The fourth-order valence-electron chi connectivity index (χ4n) is 1.36. The summed E-state index contributed by atoms with van der Waals surface area (Å²) in [6, 6.07) is 0. The molecule has 1 fully saturated rings. The van der Waals surface area contributed by atoms with Crippen LogP contribution in [-0.2, 0) is 0 Å². The summed E-state index contributed by atoms with van der Waals surface area (Å²) >= 11 is 0. The van der Waals surface area contributed by atoms with Crippen molar-refractivity contribution < 1.29 is 5.11 Å². The smallest absolute Gasteiger partial charge is 0.0497 e. The van der Waals surface area contributed by atoms with E-state index in [2.05, 4.69) is 18.5 Å². The fourth-order valence-corrected chi connectivity index (χ4v) is 1.36. The molecule has 2 heteroatoms. The summed E-state index contributed by atoms with van der Waals surface area (Å²) in [4.78, 5) is 2.23. The molecule has 1 rings (SSSR count). The lowest BCUT2D eigenvalue weighted by molar-refractivity contribution is 0.192. The predicted molar refractivity (Wildman–Crippen MR) is 41.8 cm³/mol. The third-order valence-corrected chi connectivity index (χ3v) is 2.13. The number of aliphatic hydroxyl groups excluding tert-OH is 1. The molecule has 1 saturated heterocycles. The fraction of sp³-hybridized carbons (Fsp3) is 0.750. The number of piperidine rings is 1. The molecule has 0 aromatic heterocycles. The minimum Gasteiger partial charge on any atom is -0.396 e. The molecule has 1 heterocycles. The summed E-state index contributed by atoms with van der Waals surface area (Å²) in [6.07, 6.45) is 1.06. The Kier molecular flexibility index (Phi) is 2.46. The van der Waals surface area contributed by atoms with Crippen LogP contribution in [0.1, 0.15) is 6.42 Å². The Morgan fingerprint density at radius 3 is 3.00 bits per heavy atom. The summed E-state index contributed by atoms with van der Waals surface area (Å²) in [6.45, 7) is 6.22. The van der Waals surface area contributed by atoms with Crippen molar-refractivity contribution in [3.8, 4) is 0 Å². The summed E-state index contributed by atoms with van der Waals surface area (Å²) < 4.78 is 0. The van der Waals surface area contributed by atoms with Gasteiger partial charge in [0.2, 0.25) is 0 Å². The zero-order valence-corrected chi connectivity index (χ0v) is 6.51. The van der Waals surface area contributed by atoms with Gasteiger partial charge >= 0.3 is 0 Å². The second kappa shape index (κ2) is 3.17. The Balaban J connectivity index is 2.43. The van der Waals surface area contributed by atoms with Gasteiger partial charge < -0.3 is 10.0 Å². The number of rotatable bonds is 1. The molecule has 58 valence electrons. The minimum absolute atomic E-state index is 0.271. The van der Waals surface area contributed by atoms with Crippen molar-refractivity contribution in [2.24, 2.45) is 5.92 Å². The van der Waals surface area contributed by atoms with E-state index >= 15 is 0 Å². The first-order chi connectivity index (χ1) is 4.74. The lowest BCUT2D eigenvalue weighted by Gasteiger charge is -2.29. The van der Waals surface area contributed by atoms with Gasteiger partial charge in [0.25, 0.3) is 0 Å². The Bertz CT molecular complexity index is 133. The predicted octanol–water partition coefficient (Wildman–Crippen LogP) is 0.487. The van der Waals surface area contributed by atoms with Gasteiger partial charge in [0, 0.05) is 19.1 Å². The van der Waals surface area contributed by atoms with Crippen LogP contribution in [0.15, 0.2) is 12.2 Å². The molecule has 0 saturated carbocycles. The molecule has 1 aliphatic heterocycles. The summed E-state index contributed by atoms with van der Waals surface area (Å²) in [5.74, 6) is 0.358. The molecule has 10 heavy (non-hydrogen) atoms. The number of likely N-dealkylation sites (N-methyl/N-ethyl adjacent to an activating group) is 1. The highest BCUT2D eigenvalue weighted by molar-refractivity contribution is 5.05.